The van der Waals surface area contributed by atoms with Crippen LogP contribution in [0.1, 0.15) is 5.56 Å². The summed E-state index contributed by atoms with van der Waals surface area (Å²) in [5.74, 6) is 1.84. The Bertz CT molecular complexity index is 1270. The van der Waals surface area contributed by atoms with E-state index in [2.05, 4.69) is 21.4 Å². The number of benzene rings is 3. The van der Waals surface area contributed by atoms with Crippen molar-refractivity contribution in [2.75, 3.05) is 31.5 Å². The number of nitrogens with zero attached hydrogens (tertiary/aromatic N) is 3. The third kappa shape index (κ3) is 4.94. The quantitative estimate of drug-likeness (QED) is 0.416. The predicted octanol–water partition coefficient (Wildman–Crippen LogP) is 5.62. The molecule has 0 atom stereocenters. The molecule has 0 spiro atoms. The maximum absolute atomic E-state index is 12.7. The zero-order chi connectivity index (χ0) is 22.6. The first kappa shape index (κ1) is 21.3. The van der Waals surface area contributed by atoms with Gasteiger partial charge in [0.05, 0.1) is 10.4 Å². The minimum Gasteiger partial charge on any atom is -0.456 e. The monoisotopic (exact) mass is 462 g/mol. The van der Waals surface area contributed by atoms with Crippen molar-refractivity contribution < 1.29 is 14.1 Å². The molecule has 33 heavy (non-hydrogen) atoms. The van der Waals surface area contributed by atoms with Crippen molar-refractivity contribution in [1.82, 2.24) is 15.0 Å². The van der Waals surface area contributed by atoms with Gasteiger partial charge in [0, 0.05) is 32.7 Å². The summed E-state index contributed by atoms with van der Waals surface area (Å²) >= 11 is 6.20. The number of anilines is 1. The van der Waals surface area contributed by atoms with Crippen LogP contribution in [0.2, 0.25) is 5.02 Å². The van der Waals surface area contributed by atoms with Crippen LogP contribution in [0.3, 0.4) is 0 Å². The molecule has 5 rings (SSSR count). The van der Waals surface area contributed by atoms with E-state index in [0.29, 0.717) is 35.3 Å². The van der Waals surface area contributed by atoms with E-state index >= 15 is 0 Å². The van der Waals surface area contributed by atoms with Crippen LogP contribution in [0.5, 0.6) is 11.5 Å². The number of aromatic nitrogens is 1. The van der Waals surface area contributed by atoms with Crippen molar-refractivity contribution in [1.29, 1.82) is 0 Å². The van der Waals surface area contributed by atoms with Crippen molar-refractivity contribution >= 4 is 34.4 Å². The van der Waals surface area contributed by atoms with Gasteiger partial charge in [0.25, 0.3) is 0 Å². The van der Waals surface area contributed by atoms with Gasteiger partial charge < -0.3 is 14.2 Å². The maximum atomic E-state index is 12.7. The molecule has 1 aromatic heterocycles. The molecule has 0 bridgehead atoms. The molecule has 1 aliphatic heterocycles. The number of carbonyl (C=O) groups is 1. The van der Waals surface area contributed by atoms with Crippen molar-refractivity contribution in [2.24, 2.45) is 0 Å². The van der Waals surface area contributed by atoms with Crippen molar-refractivity contribution in [3.8, 4) is 11.5 Å². The molecule has 8 heteroatoms. The van der Waals surface area contributed by atoms with Gasteiger partial charge in [0.1, 0.15) is 11.5 Å². The van der Waals surface area contributed by atoms with Gasteiger partial charge in [-0.2, -0.15) is 0 Å². The second-order valence-electron chi connectivity index (χ2n) is 7.90. The van der Waals surface area contributed by atoms with Crippen LogP contribution in [-0.2, 0) is 6.54 Å². The van der Waals surface area contributed by atoms with Crippen LogP contribution < -0.4 is 10.1 Å². The molecule has 1 fully saturated rings. The van der Waals surface area contributed by atoms with Gasteiger partial charge >= 0.3 is 6.03 Å². The number of hydrogen-bond acceptors (Lipinski definition) is 5. The lowest BCUT2D eigenvalue weighted by Gasteiger charge is -2.34. The van der Waals surface area contributed by atoms with Crippen molar-refractivity contribution in [3.63, 3.8) is 0 Å². The lowest BCUT2D eigenvalue weighted by molar-refractivity contribution is 0.143. The summed E-state index contributed by atoms with van der Waals surface area (Å²) in [6.07, 6.45) is 0. The number of fused-ring (bicyclic) bond motifs is 1. The number of carbonyl (C=O) groups excluding carboxylic acids is 1. The van der Waals surface area contributed by atoms with E-state index in [-0.39, 0.29) is 6.03 Å². The van der Waals surface area contributed by atoms with Crippen LogP contribution in [0.4, 0.5) is 10.6 Å². The third-order valence-corrected chi connectivity index (χ3v) is 5.94. The van der Waals surface area contributed by atoms with Gasteiger partial charge in [-0.25, -0.2) is 4.79 Å². The zero-order valence-corrected chi connectivity index (χ0v) is 18.7. The van der Waals surface area contributed by atoms with E-state index < -0.39 is 0 Å². The van der Waals surface area contributed by atoms with Crippen LogP contribution in [0, 0.1) is 0 Å². The number of rotatable bonds is 5. The smallest absolute Gasteiger partial charge is 0.323 e. The fourth-order valence-corrected chi connectivity index (χ4v) is 4.06. The molecule has 2 heterocycles. The Kier molecular flexibility index (Phi) is 6.15. The summed E-state index contributed by atoms with van der Waals surface area (Å²) in [6, 6.07) is 22.7. The predicted molar refractivity (Wildman–Crippen MR) is 128 cm³/mol. The van der Waals surface area contributed by atoms with Crippen molar-refractivity contribution in [2.45, 2.75) is 6.54 Å². The van der Waals surface area contributed by atoms with E-state index in [9.17, 15) is 4.79 Å². The maximum Gasteiger partial charge on any atom is 0.323 e. The molecule has 0 saturated carbocycles. The molecule has 7 nitrogen and oxygen atoms in total. The van der Waals surface area contributed by atoms with Gasteiger partial charge in [-0.3, -0.25) is 10.2 Å². The molecule has 1 saturated heterocycles. The van der Waals surface area contributed by atoms with Crippen LogP contribution >= 0.6 is 11.6 Å². The average Bonchev–Trinajstić information content (AvgIpc) is 3.24. The molecule has 4 aromatic rings. The number of urea groups is 1. The molecular formula is C25H23ClN4O3. The highest BCUT2D eigenvalue weighted by molar-refractivity contribution is 6.32. The van der Waals surface area contributed by atoms with Crippen LogP contribution in [0.25, 0.3) is 11.0 Å². The highest BCUT2D eigenvalue weighted by Crippen LogP contribution is 2.29. The van der Waals surface area contributed by atoms with E-state index in [1.807, 2.05) is 66.7 Å². The topological polar surface area (TPSA) is 70.8 Å². The first-order valence-electron chi connectivity index (χ1n) is 10.8. The molecule has 0 unspecified atom stereocenters. The number of para-hydroxylation sites is 2. The molecule has 1 N–H and O–H groups in total. The Labute approximate surface area is 196 Å². The molecular weight excluding hydrogens is 440 g/mol. The van der Waals surface area contributed by atoms with E-state index in [1.54, 1.807) is 4.90 Å². The fourth-order valence-electron chi connectivity index (χ4n) is 3.89. The normalized spacial score (nSPS) is 14.4. The largest absolute Gasteiger partial charge is 0.456 e. The summed E-state index contributed by atoms with van der Waals surface area (Å²) in [7, 11) is 0. The molecule has 3 aromatic carbocycles. The van der Waals surface area contributed by atoms with Gasteiger partial charge in [0.2, 0.25) is 0 Å². The third-order valence-electron chi connectivity index (χ3n) is 5.63. The lowest BCUT2D eigenvalue weighted by Crippen LogP contribution is -2.49. The summed E-state index contributed by atoms with van der Waals surface area (Å²) in [6.45, 7) is 3.61. The Morgan fingerprint density at radius 2 is 1.79 bits per heavy atom. The highest BCUT2D eigenvalue weighted by atomic mass is 35.5. The number of piperazine rings is 1. The highest BCUT2D eigenvalue weighted by Gasteiger charge is 2.22. The molecule has 0 radical (unpaired) electrons. The molecule has 168 valence electrons. The number of halogens is 1. The van der Waals surface area contributed by atoms with E-state index in [4.69, 9.17) is 20.9 Å². The Morgan fingerprint density at radius 3 is 2.64 bits per heavy atom. The second-order valence-corrected chi connectivity index (χ2v) is 8.31. The van der Waals surface area contributed by atoms with Crippen molar-refractivity contribution in [3.05, 3.63) is 83.4 Å². The SMILES string of the molecule is O=C(Nc1noc2ccccc12)N1CCN(Cc2cccc(Oc3ccccc3Cl)c2)CC1. The average molecular weight is 463 g/mol. The van der Waals surface area contributed by atoms with Crippen LogP contribution in [0.15, 0.2) is 77.3 Å². The number of amides is 2. The van der Waals surface area contributed by atoms with E-state index in [0.717, 1.165) is 36.3 Å². The Morgan fingerprint density at radius 1 is 1.00 bits per heavy atom. The fraction of sp³-hybridized carbons (Fsp3) is 0.200. The Hall–Kier alpha value is -3.55. The lowest BCUT2D eigenvalue weighted by atomic mass is 10.2. The number of nitrogens with one attached hydrogen (secondary N) is 1. The number of ether oxygens (including phenoxy) is 1. The van der Waals surface area contributed by atoms with Gasteiger partial charge in [-0.1, -0.05) is 53.2 Å². The standard InChI is InChI=1S/C25H23ClN4O3/c26-21-9-2-4-11-23(21)32-19-7-5-6-18(16-19)17-29-12-14-30(15-13-29)25(31)27-24-20-8-1-3-10-22(20)33-28-24/h1-11,16H,12-15,17H2,(H,27,28,31). The minimum atomic E-state index is -0.163. The van der Waals surface area contributed by atoms with Gasteiger partial charge in [0.15, 0.2) is 11.4 Å². The second kappa shape index (κ2) is 9.52. The Balaban J connectivity index is 1.15. The van der Waals surface area contributed by atoms with Gasteiger partial charge in [-0.15, -0.1) is 0 Å². The van der Waals surface area contributed by atoms with E-state index in [1.165, 1.54) is 0 Å². The van der Waals surface area contributed by atoms with Crippen LogP contribution in [-0.4, -0.2) is 47.2 Å². The zero-order valence-electron chi connectivity index (χ0n) is 17.9. The molecule has 1 aliphatic rings. The molecule has 2 amide bonds. The summed E-state index contributed by atoms with van der Waals surface area (Å²) < 4.78 is 11.2. The summed E-state index contributed by atoms with van der Waals surface area (Å²) in [5, 5.41) is 8.23. The summed E-state index contributed by atoms with van der Waals surface area (Å²) in [4.78, 5) is 16.8. The first-order valence-corrected chi connectivity index (χ1v) is 11.2. The summed E-state index contributed by atoms with van der Waals surface area (Å²) in [5.41, 5.74) is 1.80. The minimum absolute atomic E-state index is 0.163. The first-order chi connectivity index (χ1) is 16.2. The molecule has 0 aliphatic carbocycles. The number of hydrogen-bond donors (Lipinski definition) is 1. The van der Waals surface area contributed by atoms with Gasteiger partial charge in [-0.05, 0) is 42.0 Å².